The molecule has 3 rings (SSSR count). The molecule has 0 spiro atoms. The fourth-order valence-corrected chi connectivity index (χ4v) is 4.04. The molecule has 0 saturated heterocycles. The third-order valence-corrected chi connectivity index (χ3v) is 6.67. The Kier molecular flexibility index (Phi) is 7.04. The van der Waals surface area contributed by atoms with E-state index >= 15 is 0 Å². The summed E-state index contributed by atoms with van der Waals surface area (Å²) in [4.78, 5) is 16.8. The molecule has 0 saturated carbocycles. The molecule has 3 aromatic rings. The van der Waals surface area contributed by atoms with Crippen LogP contribution in [0, 0.1) is 5.82 Å². The maximum Gasteiger partial charge on any atom is 0.265 e. The van der Waals surface area contributed by atoms with Crippen LogP contribution in [0.1, 0.15) is 22.8 Å². The van der Waals surface area contributed by atoms with Gasteiger partial charge in [0.1, 0.15) is 5.82 Å². The Hall–Kier alpha value is -2.82. The monoisotopic (exact) mass is 480 g/mol. The van der Waals surface area contributed by atoms with Crippen molar-refractivity contribution < 1.29 is 17.6 Å². The van der Waals surface area contributed by atoms with Crippen LogP contribution >= 0.6 is 22.9 Å². The fraction of sp³-hybridized carbons (Fsp3) is 0.150. The molecule has 1 N–H and O–H groups in total. The van der Waals surface area contributed by atoms with E-state index in [-0.39, 0.29) is 16.9 Å². The van der Waals surface area contributed by atoms with Crippen molar-refractivity contribution in [3.05, 3.63) is 69.8 Å². The minimum Gasteiger partial charge on any atom is -0.268 e. The van der Waals surface area contributed by atoms with Gasteiger partial charge >= 0.3 is 0 Å². The average molecular weight is 481 g/mol. The number of halogens is 2. The number of rotatable bonds is 7. The summed E-state index contributed by atoms with van der Waals surface area (Å²) in [5.74, 6) is -1.71. The molecule has 11 heteroatoms. The third-order valence-electron chi connectivity index (χ3n) is 4.18. The summed E-state index contributed by atoms with van der Waals surface area (Å²) in [5.41, 5.74) is 1.57. The number of carbonyl (C=O) groups excluding carboxylic acids is 1. The summed E-state index contributed by atoms with van der Waals surface area (Å²) < 4.78 is 39.1. The van der Waals surface area contributed by atoms with Crippen LogP contribution in [0.15, 0.2) is 52.9 Å². The Bertz CT molecular complexity index is 1240. The van der Waals surface area contributed by atoms with Crippen molar-refractivity contribution in [3.63, 3.8) is 0 Å². The summed E-state index contributed by atoms with van der Waals surface area (Å²) in [6.45, 7) is 1.41. The fourth-order valence-electron chi connectivity index (χ4n) is 2.52. The number of carbonyl (C=O) groups is 1. The predicted molar refractivity (Wildman–Crippen MR) is 122 cm³/mol. The Balaban J connectivity index is 1.84. The number of aromatic nitrogens is 1. The van der Waals surface area contributed by atoms with Crippen molar-refractivity contribution in [1.29, 1.82) is 0 Å². The van der Waals surface area contributed by atoms with E-state index in [1.54, 1.807) is 13.1 Å². The van der Waals surface area contributed by atoms with Crippen LogP contribution in [-0.4, -0.2) is 38.3 Å². The zero-order valence-corrected chi connectivity index (χ0v) is 18.9. The molecule has 162 valence electrons. The van der Waals surface area contributed by atoms with Crippen molar-refractivity contribution >= 4 is 50.2 Å². The Morgan fingerprint density at radius 2 is 2.06 bits per heavy atom. The van der Waals surface area contributed by atoms with Gasteiger partial charge in [0.05, 0.1) is 17.7 Å². The first-order valence-corrected chi connectivity index (χ1v) is 11.9. The van der Waals surface area contributed by atoms with Gasteiger partial charge in [0.15, 0.2) is 0 Å². The molecular weight excluding hydrogens is 463 g/mol. The summed E-state index contributed by atoms with van der Waals surface area (Å²) >= 11 is 7.54. The lowest BCUT2D eigenvalue weighted by Crippen LogP contribution is -2.32. The highest BCUT2D eigenvalue weighted by atomic mass is 35.5. The highest BCUT2D eigenvalue weighted by Crippen LogP contribution is 2.31. The van der Waals surface area contributed by atoms with E-state index in [2.05, 4.69) is 10.1 Å². The molecule has 0 bridgehead atoms. The molecular formula is C20H18ClFN4O3S2. The molecule has 1 heterocycles. The molecule has 31 heavy (non-hydrogen) atoms. The van der Waals surface area contributed by atoms with Crippen molar-refractivity contribution in [2.75, 3.05) is 17.8 Å². The molecule has 0 aliphatic carbocycles. The number of sulfonamides is 1. The first-order chi connectivity index (χ1) is 14.7. The number of hydrogen-bond donors (Lipinski definition) is 1. The lowest BCUT2D eigenvalue weighted by Gasteiger charge is -2.10. The summed E-state index contributed by atoms with van der Waals surface area (Å²) in [5, 5.41) is 8.63. The van der Waals surface area contributed by atoms with E-state index in [1.165, 1.54) is 35.6 Å². The molecule has 1 aromatic heterocycles. The number of hydrogen-bond acceptors (Lipinski definition) is 7. The second-order valence-electron chi connectivity index (χ2n) is 6.33. The summed E-state index contributed by atoms with van der Waals surface area (Å²) in [7, 11) is -2.12. The highest BCUT2D eigenvalue weighted by Gasteiger charge is 2.17. The van der Waals surface area contributed by atoms with Crippen LogP contribution in [0.25, 0.3) is 11.3 Å². The number of anilines is 1. The van der Waals surface area contributed by atoms with Crippen LogP contribution in [0.4, 0.5) is 9.52 Å². The summed E-state index contributed by atoms with van der Waals surface area (Å²) in [6, 6.07) is 10.7. The molecule has 0 radical (unpaired) electrons. The molecule has 2 aromatic carbocycles. The quantitative estimate of drug-likeness (QED) is 0.405. The molecule has 7 nitrogen and oxygen atoms in total. The first kappa shape index (κ1) is 22.9. The zero-order chi connectivity index (χ0) is 22.6. The third kappa shape index (κ3) is 5.66. The van der Waals surface area contributed by atoms with Crippen LogP contribution in [0.5, 0.6) is 0 Å². The first-order valence-electron chi connectivity index (χ1n) is 9.02. The molecule has 0 aliphatic rings. The lowest BCUT2D eigenvalue weighted by molar-refractivity contribution is 0.0981. The van der Waals surface area contributed by atoms with Gasteiger partial charge in [0.2, 0.25) is 15.2 Å². The second-order valence-corrected chi connectivity index (χ2v) is 9.58. The normalized spacial score (nSPS) is 11.6. The van der Waals surface area contributed by atoms with Crippen LogP contribution < -0.4 is 9.73 Å². The lowest BCUT2D eigenvalue weighted by atomic mass is 10.1. The van der Waals surface area contributed by atoms with Crippen LogP contribution in [-0.2, 0) is 10.0 Å². The number of thiazole rings is 1. The average Bonchev–Trinajstić information content (AvgIpc) is 3.22. The molecule has 0 fully saturated rings. The molecule has 1 amide bonds. The van der Waals surface area contributed by atoms with Gasteiger partial charge in [-0.25, -0.2) is 27.5 Å². The van der Waals surface area contributed by atoms with Crippen LogP contribution in [0.2, 0.25) is 5.02 Å². The van der Waals surface area contributed by atoms with Crippen molar-refractivity contribution in [2.45, 2.75) is 6.92 Å². The number of benzene rings is 2. The predicted octanol–water partition coefficient (Wildman–Crippen LogP) is 4.15. The minimum atomic E-state index is -3.76. The van der Waals surface area contributed by atoms with Crippen LogP contribution in [0.3, 0.4) is 0 Å². The second kappa shape index (κ2) is 9.54. The van der Waals surface area contributed by atoms with Crippen molar-refractivity contribution in [1.82, 2.24) is 9.71 Å². The standard InChI is InChI=1S/C20H18ClFN4O3S2/c1-3-31(28,29)25-19(27)15-9-8-14(22)10-13(15)11-23-26(2)20-24-18(12-30-20)16-6-4-5-7-17(16)21/h4-12H,3H2,1-2H3,(H,25,27)/b23-11+. The van der Waals surface area contributed by atoms with Crippen molar-refractivity contribution in [2.24, 2.45) is 5.10 Å². The molecule has 0 unspecified atom stereocenters. The van der Waals surface area contributed by atoms with Gasteiger partial charge in [0.25, 0.3) is 5.91 Å². The maximum atomic E-state index is 13.7. The van der Waals surface area contributed by atoms with Gasteiger partial charge in [-0.05, 0) is 31.2 Å². The highest BCUT2D eigenvalue weighted by molar-refractivity contribution is 7.90. The summed E-state index contributed by atoms with van der Waals surface area (Å²) in [6.07, 6.45) is 1.27. The maximum absolute atomic E-state index is 13.7. The Morgan fingerprint density at radius 1 is 1.32 bits per heavy atom. The number of hydrazone groups is 1. The van der Waals surface area contributed by atoms with E-state index in [1.807, 2.05) is 28.3 Å². The van der Waals surface area contributed by atoms with E-state index < -0.39 is 21.7 Å². The Morgan fingerprint density at radius 3 is 2.77 bits per heavy atom. The van der Waals surface area contributed by atoms with E-state index in [4.69, 9.17) is 11.6 Å². The number of nitrogens with one attached hydrogen (secondary N) is 1. The largest absolute Gasteiger partial charge is 0.268 e. The van der Waals surface area contributed by atoms with E-state index in [9.17, 15) is 17.6 Å². The van der Waals surface area contributed by atoms with Gasteiger partial charge < -0.3 is 0 Å². The smallest absolute Gasteiger partial charge is 0.265 e. The van der Waals surface area contributed by atoms with Gasteiger partial charge in [-0.1, -0.05) is 29.8 Å². The van der Waals surface area contributed by atoms with E-state index in [0.29, 0.717) is 15.8 Å². The molecule has 0 aliphatic heterocycles. The molecule has 0 atom stereocenters. The van der Waals surface area contributed by atoms with Gasteiger partial charge in [-0.2, -0.15) is 5.10 Å². The van der Waals surface area contributed by atoms with E-state index in [0.717, 1.165) is 17.7 Å². The van der Waals surface area contributed by atoms with Gasteiger partial charge in [0, 0.05) is 34.1 Å². The number of nitrogens with zero attached hydrogens (tertiary/aromatic N) is 3. The minimum absolute atomic E-state index is 0.0218. The van der Waals surface area contributed by atoms with Crippen molar-refractivity contribution in [3.8, 4) is 11.3 Å². The SMILES string of the molecule is CCS(=O)(=O)NC(=O)c1ccc(F)cc1/C=N/N(C)c1nc(-c2ccccc2Cl)cs1. The van der Waals surface area contributed by atoms with Gasteiger partial charge in [-0.15, -0.1) is 11.3 Å². The number of amides is 1. The van der Waals surface area contributed by atoms with Gasteiger partial charge in [-0.3, -0.25) is 4.79 Å². The Labute approximate surface area is 188 Å². The topological polar surface area (TPSA) is 91.7 Å². The zero-order valence-electron chi connectivity index (χ0n) is 16.5.